The maximum absolute atomic E-state index is 8.76. The summed E-state index contributed by atoms with van der Waals surface area (Å²) in [6.45, 7) is 10.1. The van der Waals surface area contributed by atoms with Crippen molar-refractivity contribution < 1.29 is 5.11 Å². The minimum absolute atomic E-state index is 0.132. The number of hydrogen-bond donors (Lipinski definition) is 1. The highest BCUT2D eigenvalue weighted by Crippen LogP contribution is 2.26. The molecule has 3 heteroatoms. The van der Waals surface area contributed by atoms with Crippen LogP contribution in [0.5, 0.6) is 0 Å². The standard InChI is InChI=1S/C16H25NOS/c1-13(16(2,3)4)17(5)12-15-14(9-11-19-15)8-6-7-10-18/h9,11,13,18H,7,10,12H2,1-5H3. The van der Waals surface area contributed by atoms with Crippen LogP contribution in [0.4, 0.5) is 0 Å². The fraction of sp³-hybridized carbons (Fsp3) is 0.625. The molecule has 0 amide bonds. The highest BCUT2D eigenvalue weighted by molar-refractivity contribution is 7.10. The van der Waals surface area contributed by atoms with E-state index in [0.717, 1.165) is 12.1 Å². The lowest BCUT2D eigenvalue weighted by atomic mass is 9.87. The maximum Gasteiger partial charge on any atom is 0.0540 e. The molecule has 2 nitrogen and oxygen atoms in total. The van der Waals surface area contributed by atoms with Crippen LogP contribution in [0.25, 0.3) is 0 Å². The molecule has 0 aliphatic rings. The molecule has 0 fully saturated rings. The number of thiophene rings is 1. The van der Waals surface area contributed by atoms with Gasteiger partial charge in [-0.15, -0.1) is 11.3 Å². The first-order chi connectivity index (χ1) is 8.86. The first-order valence-electron chi connectivity index (χ1n) is 6.72. The number of nitrogens with zero attached hydrogens (tertiary/aromatic N) is 1. The second-order valence-corrected chi connectivity index (χ2v) is 6.99. The summed E-state index contributed by atoms with van der Waals surface area (Å²) in [5.41, 5.74) is 1.38. The molecule has 1 rings (SSSR count). The van der Waals surface area contributed by atoms with E-state index in [0.29, 0.717) is 12.5 Å². The van der Waals surface area contributed by atoms with E-state index in [1.54, 1.807) is 11.3 Å². The second kappa shape index (κ2) is 7.09. The Kier molecular flexibility index (Phi) is 6.06. The molecule has 19 heavy (non-hydrogen) atoms. The van der Waals surface area contributed by atoms with Crippen LogP contribution in [0, 0.1) is 17.3 Å². The smallest absolute Gasteiger partial charge is 0.0540 e. The van der Waals surface area contributed by atoms with Gasteiger partial charge < -0.3 is 5.11 Å². The van der Waals surface area contributed by atoms with E-state index >= 15 is 0 Å². The van der Waals surface area contributed by atoms with E-state index in [4.69, 9.17) is 5.11 Å². The summed E-state index contributed by atoms with van der Waals surface area (Å²) in [5.74, 6) is 6.15. The van der Waals surface area contributed by atoms with Gasteiger partial charge in [-0.25, -0.2) is 0 Å². The minimum atomic E-state index is 0.132. The summed E-state index contributed by atoms with van der Waals surface area (Å²) >= 11 is 1.76. The molecule has 0 aliphatic carbocycles. The van der Waals surface area contributed by atoms with Crippen molar-refractivity contribution in [2.24, 2.45) is 5.41 Å². The van der Waals surface area contributed by atoms with Gasteiger partial charge in [-0.3, -0.25) is 4.90 Å². The fourth-order valence-corrected chi connectivity index (χ4v) is 2.71. The molecule has 0 saturated carbocycles. The molecule has 0 aromatic carbocycles. The van der Waals surface area contributed by atoms with Crippen LogP contribution in [-0.4, -0.2) is 29.7 Å². The quantitative estimate of drug-likeness (QED) is 0.854. The lowest BCUT2D eigenvalue weighted by molar-refractivity contribution is 0.135. The molecule has 1 N–H and O–H groups in total. The molecule has 0 radical (unpaired) electrons. The van der Waals surface area contributed by atoms with Gasteiger partial charge in [-0.1, -0.05) is 32.6 Å². The van der Waals surface area contributed by atoms with Gasteiger partial charge in [-0.05, 0) is 30.8 Å². The molecule has 0 spiro atoms. The van der Waals surface area contributed by atoms with Crippen molar-refractivity contribution in [1.29, 1.82) is 0 Å². The Hall–Kier alpha value is -0.820. The summed E-state index contributed by atoms with van der Waals surface area (Å²) in [6.07, 6.45) is 0.545. The average Bonchev–Trinajstić information content (AvgIpc) is 2.75. The van der Waals surface area contributed by atoms with Crippen LogP contribution in [0.1, 0.15) is 44.6 Å². The van der Waals surface area contributed by atoms with Crippen LogP contribution < -0.4 is 0 Å². The monoisotopic (exact) mass is 279 g/mol. The summed E-state index contributed by atoms with van der Waals surface area (Å²) in [7, 11) is 2.17. The Labute approximate surface area is 121 Å². The van der Waals surface area contributed by atoms with Gasteiger partial charge in [0.1, 0.15) is 0 Å². The third kappa shape index (κ3) is 4.99. The average molecular weight is 279 g/mol. The van der Waals surface area contributed by atoms with Crippen LogP contribution in [0.15, 0.2) is 11.4 Å². The number of rotatable bonds is 4. The summed E-state index contributed by atoms with van der Waals surface area (Å²) in [4.78, 5) is 3.69. The van der Waals surface area contributed by atoms with E-state index < -0.39 is 0 Å². The maximum atomic E-state index is 8.76. The van der Waals surface area contributed by atoms with Gasteiger partial charge >= 0.3 is 0 Å². The van der Waals surface area contributed by atoms with Gasteiger partial charge in [0.25, 0.3) is 0 Å². The summed E-state index contributed by atoms with van der Waals surface area (Å²) < 4.78 is 0. The zero-order valence-electron chi connectivity index (χ0n) is 12.7. The van der Waals surface area contributed by atoms with Crippen LogP contribution in [0.3, 0.4) is 0 Å². The zero-order valence-corrected chi connectivity index (χ0v) is 13.5. The van der Waals surface area contributed by atoms with Crippen LogP contribution >= 0.6 is 11.3 Å². The predicted molar refractivity (Wildman–Crippen MR) is 83.3 cm³/mol. The second-order valence-electron chi connectivity index (χ2n) is 5.99. The minimum Gasteiger partial charge on any atom is -0.395 e. The molecule has 1 aromatic heterocycles. The van der Waals surface area contributed by atoms with Crippen molar-refractivity contribution in [3.8, 4) is 11.8 Å². The van der Waals surface area contributed by atoms with Crippen molar-refractivity contribution in [1.82, 2.24) is 4.90 Å². The predicted octanol–water partition coefficient (Wildman–Crippen LogP) is 3.35. The van der Waals surface area contributed by atoms with Crippen molar-refractivity contribution in [3.63, 3.8) is 0 Å². The Bertz CT molecular complexity index is 447. The SMILES string of the molecule is CC(N(C)Cc1sccc1C#CCCO)C(C)(C)C. The van der Waals surface area contributed by atoms with E-state index in [1.807, 2.05) is 0 Å². The zero-order chi connectivity index (χ0) is 14.5. The van der Waals surface area contributed by atoms with Gasteiger partial charge in [0.2, 0.25) is 0 Å². The Morgan fingerprint density at radius 1 is 1.42 bits per heavy atom. The molecule has 1 unspecified atom stereocenters. The van der Waals surface area contributed by atoms with E-state index in [9.17, 15) is 0 Å². The number of hydrogen-bond acceptors (Lipinski definition) is 3. The van der Waals surface area contributed by atoms with Crippen molar-refractivity contribution >= 4 is 11.3 Å². The van der Waals surface area contributed by atoms with E-state index in [-0.39, 0.29) is 12.0 Å². The van der Waals surface area contributed by atoms with E-state index in [1.165, 1.54) is 4.88 Å². The van der Waals surface area contributed by atoms with Gasteiger partial charge in [0.15, 0.2) is 0 Å². The molecule has 0 saturated heterocycles. The fourth-order valence-electron chi connectivity index (χ4n) is 1.81. The largest absolute Gasteiger partial charge is 0.395 e. The van der Waals surface area contributed by atoms with Crippen molar-refractivity contribution in [2.75, 3.05) is 13.7 Å². The van der Waals surface area contributed by atoms with Gasteiger partial charge in [-0.2, -0.15) is 0 Å². The molecule has 106 valence electrons. The molecular weight excluding hydrogens is 254 g/mol. The first kappa shape index (κ1) is 16.2. The number of aliphatic hydroxyl groups excluding tert-OH is 1. The van der Waals surface area contributed by atoms with Crippen molar-refractivity contribution in [2.45, 2.75) is 46.7 Å². The molecule has 1 aromatic rings. The highest BCUT2D eigenvalue weighted by atomic mass is 32.1. The van der Waals surface area contributed by atoms with Gasteiger partial charge in [0.05, 0.1) is 6.61 Å². The third-order valence-electron chi connectivity index (χ3n) is 3.51. The molecule has 1 heterocycles. The first-order valence-corrected chi connectivity index (χ1v) is 7.60. The molecular formula is C16H25NOS. The van der Waals surface area contributed by atoms with Gasteiger partial charge in [0, 0.05) is 29.4 Å². The van der Waals surface area contributed by atoms with Crippen LogP contribution in [0.2, 0.25) is 0 Å². The third-order valence-corrected chi connectivity index (χ3v) is 4.42. The Morgan fingerprint density at radius 2 is 2.11 bits per heavy atom. The molecule has 0 bridgehead atoms. The Morgan fingerprint density at radius 3 is 2.68 bits per heavy atom. The van der Waals surface area contributed by atoms with Crippen LogP contribution in [-0.2, 0) is 6.54 Å². The lowest BCUT2D eigenvalue weighted by Crippen LogP contribution is -2.38. The van der Waals surface area contributed by atoms with Crippen molar-refractivity contribution in [3.05, 3.63) is 21.9 Å². The topological polar surface area (TPSA) is 23.5 Å². The summed E-state index contributed by atoms with van der Waals surface area (Å²) in [6, 6.07) is 2.58. The lowest BCUT2D eigenvalue weighted by Gasteiger charge is -2.35. The number of aliphatic hydroxyl groups is 1. The van der Waals surface area contributed by atoms with E-state index in [2.05, 4.69) is 62.9 Å². The normalized spacial score (nSPS) is 13.2. The summed E-state index contributed by atoms with van der Waals surface area (Å²) in [5, 5.41) is 10.9. The Balaban J connectivity index is 2.73. The molecule has 0 aliphatic heterocycles. The highest BCUT2D eigenvalue weighted by Gasteiger charge is 2.24. The molecule has 1 atom stereocenters.